The summed E-state index contributed by atoms with van der Waals surface area (Å²) in [4.78, 5) is 0. The summed E-state index contributed by atoms with van der Waals surface area (Å²) in [5, 5.41) is 0. The van der Waals surface area contributed by atoms with Crippen LogP contribution >= 0.6 is 0 Å². The van der Waals surface area contributed by atoms with E-state index in [0.29, 0.717) is 18.1 Å². The molecule has 5 rings (SSSR count). The van der Waals surface area contributed by atoms with Crippen LogP contribution in [0.25, 0.3) is 11.1 Å². The molecule has 2 unspecified atom stereocenters. The van der Waals surface area contributed by atoms with Crippen molar-refractivity contribution in [3.8, 4) is 16.9 Å². The van der Waals surface area contributed by atoms with Crippen molar-refractivity contribution in [1.29, 1.82) is 0 Å². The predicted octanol–water partition coefficient (Wildman–Crippen LogP) is 9.30. The molecule has 1 saturated heterocycles. The maximum absolute atomic E-state index is 14.6. The third-order valence-corrected chi connectivity index (χ3v) is 9.55. The average Bonchev–Trinajstić information content (AvgIpc) is 2.96. The highest BCUT2D eigenvalue weighted by molar-refractivity contribution is 5.65. The van der Waals surface area contributed by atoms with Crippen LogP contribution in [0.3, 0.4) is 0 Å². The number of ether oxygens (including phenoxy) is 2. The molecule has 2 aromatic rings. The van der Waals surface area contributed by atoms with Gasteiger partial charge in [0.05, 0.1) is 19.3 Å². The normalized spacial score (nSPS) is 30.6. The van der Waals surface area contributed by atoms with Crippen molar-refractivity contribution in [2.75, 3.05) is 13.2 Å². The second-order valence-corrected chi connectivity index (χ2v) is 11.5. The second-order valence-electron chi connectivity index (χ2n) is 11.5. The summed E-state index contributed by atoms with van der Waals surface area (Å²) >= 11 is 0. The lowest BCUT2D eigenvalue weighted by atomic mass is 9.67. The first-order valence-electron chi connectivity index (χ1n) is 14.5. The van der Waals surface area contributed by atoms with Crippen LogP contribution in [0.2, 0.25) is 0 Å². The predicted molar refractivity (Wildman–Crippen MR) is 145 cm³/mol. The fourth-order valence-electron chi connectivity index (χ4n) is 7.25. The van der Waals surface area contributed by atoms with Crippen molar-refractivity contribution in [2.45, 2.75) is 77.2 Å². The van der Waals surface area contributed by atoms with Crippen LogP contribution in [0.4, 0.5) is 8.78 Å². The smallest absolute Gasteiger partial charge is 0.201 e. The topological polar surface area (TPSA) is 18.5 Å². The number of hydrogen-bond acceptors (Lipinski definition) is 2. The van der Waals surface area contributed by atoms with Gasteiger partial charge in [-0.05, 0) is 124 Å². The molecule has 2 saturated carbocycles. The molecule has 0 amide bonds. The Morgan fingerprint density at radius 3 is 1.95 bits per heavy atom. The largest absolute Gasteiger partial charge is 0.491 e. The highest BCUT2D eigenvalue weighted by Crippen LogP contribution is 2.45. The Hall–Kier alpha value is -2.20. The second kappa shape index (κ2) is 12.1. The van der Waals surface area contributed by atoms with Crippen molar-refractivity contribution in [3.05, 3.63) is 66.3 Å². The third-order valence-electron chi connectivity index (χ3n) is 9.55. The van der Waals surface area contributed by atoms with E-state index in [0.717, 1.165) is 42.3 Å². The fourth-order valence-corrected chi connectivity index (χ4v) is 7.25. The summed E-state index contributed by atoms with van der Waals surface area (Å²) in [6, 6.07) is 10.8. The van der Waals surface area contributed by atoms with Crippen LogP contribution in [-0.2, 0) is 4.74 Å². The molecule has 0 aromatic heterocycles. The monoisotopic (exact) mass is 508 g/mol. The lowest BCUT2D eigenvalue weighted by Gasteiger charge is -2.41. The minimum Gasteiger partial charge on any atom is -0.491 e. The van der Waals surface area contributed by atoms with E-state index < -0.39 is 11.6 Å². The van der Waals surface area contributed by atoms with Gasteiger partial charge in [0.2, 0.25) is 5.82 Å². The first-order valence-corrected chi connectivity index (χ1v) is 14.5. The van der Waals surface area contributed by atoms with Crippen LogP contribution in [-0.4, -0.2) is 13.2 Å². The number of rotatable bonds is 7. The van der Waals surface area contributed by atoms with E-state index in [4.69, 9.17) is 9.47 Å². The Morgan fingerprint density at radius 2 is 1.38 bits per heavy atom. The lowest BCUT2D eigenvalue weighted by Crippen LogP contribution is -2.32. The standard InChI is InChI=1S/C33H42F2O2/c1-3-22-5-7-23(8-6-22)24-9-11-25(12-10-24)28-17-19-30(37-21-28)27-15-13-26(14-16-27)29-18-20-31(36-4-2)33(35)32(29)34/h3,13-16,18,20,22-25,28,30H,1,4-12,17,19,21H2,2H3. The molecule has 37 heavy (non-hydrogen) atoms. The number of allylic oxidation sites excluding steroid dienone is 1. The Kier molecular flexibility index (Phi) is 8.64. The van der Waals surface area contributed by atoms with E-state index in [1.54, 1.807) is 13.0 Å². The molecular formula is C33H42F2O2. The average molecular weight is 509 g/mol. The summed E-state index contributed by atoms with van der Waals surface area (Å²) in [7, 11) is 0. The molecule has 1 heterocycles. The van der Waals surface area contributed by atoms with Crippen molar-refractivity contribution in [3.63, 3.8) is 0 Å². The zero-order valence-corrected chi connectivity index (χ0v) is 22.3. The quantitative estimate of drug-likeness (QED) is 0.347. The van der Waals surface area contributed by atoms with Gasteiger partial charge >= 0.3 is 0 Å². The van der Waals surface area contributed by atoms with E-state index >= 15 is 0 Å². The van der Waals surface area contributed by atoms with Gasteiger partial charge in [0.15, 0.2) is 11.6 Å². The van der Waals surface area contributed by atoms with Gasteiger partial charge < -0.3 is 9.47 Å². The van der Waals surface area contributed by atoms with Crippen molar-refractivity contribution in [2.24, 2.45) is 29.6 Å². The molecule has 0 N–H and O–H groups in total. The maximum atomic E-state index is 14.6. The minimum absolute atomic E-state index is 0.0466. The van der Waals surface area contributed by atoms with Gasteiger partial charge in [0.1, 0.15) is 0 Å². The van der Waals surface area contributed by atoms with Crippen LogP contribution in [0.15, 0.2) is 49.1 Å². The maximum Gasteiger partial charge on any atom is 0.201 e. The van der Waals surface area contributed by atoms with Crippen molar-refractivity contribution >= 4 is 0 Å². The Bertz CT molecular complexity index is 1030. The first kappa shape index (κ1) is 26.4. The van der Waals surface area contributed by atoms with E-state index in [1.165, 1.54) is 63.9 Å². The summed E-state index contributed by atoms with van der Waals surface area (Å²) in [6.45, 7) is 6.88. The molecule has 4 heteroatoms. The Balaban J connectivity index is 1.11. The SMILES string of the molecule is C=CC1CCC(C2CCC(C3CCC(c4ccc(-c5ccc(OCC)c(F)c5F)cc4)OC3)CC2)CC1. The number of benzene rings is 2. The van der Waals surface area contributed by atoms with Gasteiger partial charge in [-0.2, -0.15) is 4.39 Å². The van der Waals surface area contributed by atoms with Crippen molar-refractivity contribution < 1.29 is 18.3 Å². The van der Waals surface area contributed by atoms with E-state index in [2.05, 4.69) is 12.7 Å². The summed E-state index contributed by atoms with van der Waals surface area (Å²) < 4.78 is 40.5. The molecule has 1 aliphatic heterocycles. The molecule has 200 valence electrons. The highest BCUT2D eigenvalue weighted by Gasteiger charge is 2.35. The van der Waals surface area contributed by atoms with Gasteiger partial charge in [-0.1, -0.05) is 30.3 Å². The molecule has 3 fully saturated rings. The Labute approximate surface area is 221 Å². The van der Waals surface area contributed by atoms with Gasteiger partial charge in [-0.3, -0.25) is 0 Å². The molecule has 2 nitrogen and oxygen atoms in total. The number of halogens is 2. The fraction of sp³-hybridized carbons (Fsp3) is 0.576. The van der Waals surface area contributed by atoms with Crippen LogP contribution in [0, 0.1) is 41.2 Å². The molecular weight excluding hydrogens is 466 g/mol. The molecule has 0 spiro atoms. The van der Waals surface area contributed by atoms with E-state index in [1.807, 2.05) is 24.3 Å². The van der Waals surface area contributed by atoms with Gasteiger partial charge in [0.25, 0.3) is 0 Å². The van der Waals surface area contributed by atoms with Gasteiger partial charge in [-0.15, -0.1) is 6.58 Å². The molecule has 3 aliphatic rings. The summed E-state index contributed by atoms with van der Waals surface area (Å²) in [5.41, 5.74) is 2.03. The Morgan fingerprint density at radius 1 is 0.784 bits per heavy atom. The first-order chi connectivity index (χ1) is 18.1. The van der Waals surface area contributed by atoms with Gasteiger partial charge in [-0.25, -0.2) is 4.39 Å². The zero-order valence-electron chi connectivity index (χ0n) is 22.3. The molecule has 0 radical (unpaired) electrons. The highest BCUT2D eigenvalue weighted by atomic mass is 19.2. The van der Waals surface area contributed by atoms with Crippen molar-refractivity contribution in [1.82, 2.24) is 0 Å². The van der Waals surface area contributed by atoms with E-state index in [9.17, 15) is 8.78 Å². The summed E-state index contributed by atoms with van der Waals surface area (Å²) in [5.74, 6) is 2.28. The minimum atomic E-state index is -0.931. The number of hydrogen-bond donors (Lipinski definition) is 0. The van der Waals surface area contributed by atoms with Crippen LogP contribution in [0.1, 0.15) is 82.8 Å². The molecule has 2 aliphatic carbocycles. The lowest BCUT2D eigenvalue weighted by molar-refractivity contribution is -0.0420. The van der Waals surface area contributed by atoms with Crippen LogP contribution in [0.5, 0.6) is 5.75 Å². The van der Waals surface area contributed by atoms with Gasteiger partial charge in [0, 0.05) is 5.56 Å². The molecule has 0 bridgehead atoms. The zero-order chi connectivity index (χ0) is 25.8. The third kappa shape index (κ3) is 5.95. The van der Waals surface area contributed by atoms with E-state index in [-0.39, 0.29) is 17.4 Å². The van der Waals surface area contributed by atoms with Crippen LogP contribution < -0.4 is 4.74 Å². The summed E-state index contributed by atoms with van der Waals surface area (Å²) in [6.07, 6.45) is 15.5. The molecule has 2 atom stereocenters. The molecule has 2 aromatic carbocycles.